The molecule has 170 valence electrons. The molecular weight excluding hydrogens is 432 g/mol. The molecule has 0 aliphatic carbocycles. The number of hydrogen-bond acceptors (Lipinski definition) is 5. The number of aromatic nitrogens is 3. The van der Waals surface area contributed by atoms with Crippen molar-refractivity contribution in [1.82, 2.24) is 24.6 Å². The lowest BCUT2D eigenvalue weighted by Gasteiger charge is -2.37. The van der Waals surface area contributed by atoms with E-state index in [-0.39, 0.29) is 11.8 Å². The molecule has 1 aromatic carbocycles. The Morgan fingerprint density at radius 2 is 1.85 bits per heavy atom. The number of ether oxygens (including phenoxy) is 1. The first-order chi connectivity index (χ1) is 15.9. The summed E-state index contributed by atoms with van der Waals surface area (Å²) in [4.78, 5) is 29.9. The Balaban J connectivity index is 1.18. The molecule has 1 unspecified atom stereocenters. The smallest absolute Gasteiger partial charge is 0.257 e. The molecule has 3 aromatic rings. The van der Waals surface area contributed by atoms with Crippen LogP contribution in [-0.2, 0) is 9.53 Å². The van der Waals surface area contributed by atoms with Crippen LogP contribution in [0.15, 0.2) is 42.7 Å². The van der Waals surface area contributed by atoms with E-state index in [0.29, 0.717) is 49.9 Å². The van der Waals surface area contributed by atoms with Crippen LogP contribution in [0.2, 0.25) is 0 Å². The van der Waals surface area contributed by atoms with Crippen LogP contribution in [0.25, 0.3) is 5.52 Å². The van der Waals surface area contributed by atoms with Crippen molar-refractivity contribution in [2.24, 2.45) is 0 Å². The molecule has 3 fully saturated rings. The molecule has 0 N–H and O–H groups in total. The van der Waals surface area contributed by atoms with Gasteiger partial charge in [-0.15, -0.1) is 5.10 Å². The average Bonchev–Trinajstić information content (AvgIpc) is 3.49. The summed E-state index contributed by atoms with van der Waals surface area (Å²) < 4.78 is 35.4. The van der Waals surface area contributed by atoms with Crippen molar-refractivity contribution in [3.05, 3.63) is 65.5 Å². The van der Waals surface area contributed by atoms with Gasteiger partial charge in [0.25, 0.3) is 11.8 Å². The van der Waals surface area contributed by atoms with Gasteiger partial charge in [-0.1, -0.05) is 5.21 Å². The van der Waals surface area contributed by atoms with Gasteiger partial charge >= 0.3 is 0 Å². The van der Waals surface area contributed by atoms with Crippen LogP contribution in [0, 0.1) is 11.6 Å². The van der Waals surface area contributed by atoms with E-state index < -0.39 is 29.5 Å². The van der Waals surface area contributed by atoms with Gasteiger partial charge in [-0.2, -0.15) is 0 Å². The standard InChI is InChI=1S/C23H21F2N5O3/c24-16-9-15(10-17(25)12-16)19-1-2-20-30(19)22(32)23(33-20)4-7-28(8-5-23)21(31)14-3-6-29-18(11-14)13-26-27-29/h3,6,9-13,19-20H,1-2,4-5,7-8H2/t19-,20?/m0/s1. The number of pyridine rings is 1. The normalized spacial score (nSPS) is 24.1. The number of nitrogens with zero attached hydrogens (tertiary/aromatic N) is 5. The maximum absolute atomic E-state index is 13.8. The number of fused-ring (bicyclic) bond motifs is 2. The van der Waals surface area contributed by atoms with Gasteiger partial charge in [0, 0.05) is 43.8 Å². The fraction of sp³-hybridized carbons (Fsp3) is 0.391. The van der Waals surface area contributed by atoms with Crippen LogP contribution in [0.5, 0.6) is 0 Å². The van der Waals surface area contributed by atoms with Crippen molar-refractivity contribution in [2.45, 2.75) is 43.6 Å². The summed E-state index contributed by atoms with van der Waals surface area (Å²) in [6.45, 7) is 0.764. The van der Waals surface area contributed by atoms with E-state index in [2.05, 4.69) is 10.3 Å². The lowest BCUT2D eigenvalue weighted by molar-refractivity contribution is -0.142. The minimum atomic E-state index is -0.995. The fourth-order valence-corrected chi connectivity index (χ4v) is 5.36. The highest BCUT2D eigenvalue weighted by atomic mass is 19.1. The molecule has 3 saturated heterocycles. The zero-order valence-corrected chi connectivity index (χ0v) is 17.7. The number of likely N-dealkylation sites (tertiary alicyclic amines) is 1. The van der Waals surface area contributed by atoms with Crippen LogP contribution < -0.4 is 0 Å². The highest BCUT2D eigenvalue weighted by Crippen LogP contribution is 2.47. The molecule has 2 aromatic heterocycles. The Kier molecular flexibility index (Phi) is 4.48. The lowest BCUT2D eigenvalue weighted by Crippen LogP contribution is -2.51. The molecule has 0 radical (unpaired) electrons. The largest absolute Gasteiger partial charge is 0.342 e. The number of carbonyl (C=O) groups is 2. The van der Waals surface area contributed by atoms with E-state index in [1.807, 2.05) is 0 Å². The Morgan fingerprint density at radius 3 is 2.61 bits per heavy atom. The summed E-state index contributed by atoms with van der Waals surface area (Å²) in [5.74, 6) is -1.59. The minimum Gasteiger partial charge on any atom is -0.342 e. The minimum absolute atomic E-state index is 0.118. The molecule has 3 aliphatic rings. The van der Waals surface area contributed by atoms with Crippen molar-refractivity contribution < 1.29 is 23.1 Å². The molecule has 33 heavy (non-hydrogen) atoms. The summed E-state index contributed by atoms with van der Waals surface area (Å²) in [5.41, 5.74) is 0.712. The highest BCUT2D eigenvalue weighted by Gasteiger charge is 2.58. The van der Waals surface area contributed by atoms with Gasteiger partial charge in [-0.3, -0.25) is 9.59 Å². The number of rotatable bonds is 2. The number of amides is 2. The van der Waals surface area contributed by atoms with Gasteiger partial charge in [0.1, 0.15) is 17.9 Å². The molecule has 2 atom stereocenters. The third kappa shape index (κ3) is 3.19. The van der Waals surface area contributed by atoms with E-state index >= 15 is 0 Å². The van der Waals surface area contributed by atoms with Gasteiger partial charge in [0.15, 0.2) is 5.60 Å². The van der Waals surface area contributed by atoms with Crippen molar-refractivity contribution in [2.75, 3.05) is 13.1 Å². The molecule has 3 aliphatic heterocycles. The second-order valence-electron chi connectivity index (χ2n) is 8.89. The van der Waals surface area contributed by atoms with Crippen LogP contribution in [0.1, 0.15) is 47.6 Å². The predicted octanol–water partition coefficient (Wildman–Crippen LogP) is 2.70. The summed E-state index contributed by atoms with van der Waals surface area (Å²) in [5, 5.41) is 7.72. The summed E-state index contributed by atoms with van der Waals surface area (Å²) in [6.07, 6.45) is 4.82. The van der Waals surface area contributed by atoms with E-state index in [0.717, 1.165) is 11.6 Å². The molecule has 0 bridgehead atoms. The molecule has 6 rings (SSSR count). The Bertz CT molecular complexity index is 1250. The van der Waals surface area contributed by atoms with E-state index in [1.165, 1.54) is 12.1 Å². The number of carbonyl (C=O) groups excluding carboxylic acids is 2. The maximum atomic E-state index is 13.8. The second kappa shape index (κ2) is 7.31. The first-order valence-corrected chi connectivity index (χ1v) is 11.0. The Hall–Kier alpha value is -3.40. The number of benzene rings is 1. The van der Waals surface area contributed by atoms with Crippen molar-refractivity contribution >= 4 is 17.3 Å². The molecule has 10 heteroatoms. The molecule has 5 heterocycles. The molecule has 8 nitrogen and oxygen atoms in total. The third-order valence-electron chi connectivity index (χ3n) is 7.00. The third-order valence-corrected chi connectivity index (χ3v) is 7.00. The van der Waals surface area contributed by atoms with Gasteiger partial charge in [0.2, 0.25) is 0 Å². The number of hydrogen-bond donors (Lipinski definition) is 0. The SMILES string of the molecule is O=C(c1ccn2nncc2c1)N1CCC2(CC1)OC1CC[C@@H](c3cc(F)cc(F)c3)N1C2=O. The highest BCUT2D eigenvalue weighted by molar-refractivity contribution is 5.95. The first kappa shape index (κ1) is 20.2. The van der Waals surface area contributed by atoms with E-state index in [4.69, 9.17) is 4.74 Å². The molecule has 0 saturated carbocycles. The van der Waals surface area contributed by atoms with Gasteiger partial charge in [-0.05, 0) is 42.7 Å². The Labute approximate surface area is 187 Å². The molecule has 2 amide bonds. The van der Waals surface area contributed by atoms with Crippen molar-refractivity contribution in [3.8, 4) is 0 Å². The van der Waals surface area contributed by atoms with Crippen molar-refractivity contribution in [1.29, 1.82) is 0 Å². The Morgan fingerprint density at radius 1 is 1.09 bits per heavy atom. The number of halogens is 2. The van der Waals surface area contributed by atoms with Gasteiger partial charge in [-0.25, -0.2) is 13.3 Å². The lowest BCUT2D eigenvalue weighted by atomic mass is 9.89. The summed E-state index contributed by atoms with van der Waals surface area (Å²) in [6, 6.07) is 6.41. The van der Waals surface area contributed by atoms with Crippen LogP contribution in [0.3, 0.4) is 0 Å². The first-order valence-electron chi connectivity index (χ1n) is 11.0. The van der Waals surface area contributed by atoms with Crippen molar-refractivity contribution in [3.63, 3.8) is 0 Å². The van der Waals surface area contributed by atoms with Gasteiger partial charge in [0.05, 0.1) is 17.8 Å². The van der Waals surface area contributed by atoms with Gasteiger partial charge < -0.3 is 14.5 Å². The molecular formula is C23H21F2N5O3. The predicted molar refractivity (Wildman–Crippen MR) is 111 cm³/mol. The number of piperidine rings is 1. The molecule has 1 spiro atoms. The quantitative estimate of drug-likeness (QED) is 0.596. The van der Waals surface area contributed by atoms with E-state index in [9.17, 15) is 18.4 Å². The average molecular weight is 453 g/mol. The van der Waals surface area contributed by atoms with E-state index in [1.54, 1.807) is 38.8 Å². The zero-order chi connectivity index (χ0) is 22.7. The van der Waals surface area contributed by atoms with Crippen LogP contribution in [0.4, 0.5) is 8.78 Å². The maximum Gasteiger partial charge on any atom is 0.257 e. The van der Waals surface area contributed by atoms with Crippen LogP contribution >= 0.6 is 0 Å². The topological polar surface area (TPSA) is 80.0 Å². The van der Waals surface area contributed by atoms with Crippen LogP contribution in [-0.4, -0.2) is 61.4 Å². The summed E-state index contributed by atoms with van der Waals surface area (Å²) >= 11 is 0. The fourth-order valence-electron chi connectivity index (χ4n) is 5.36. The zero-order valence-electron chi connectivity index (χ0n) is 17.7. The second-order valence-corrected chi connectivity index (χ2v) is 8.89. The summed E-state index contributed by atoms with van der Waals surface area (Å²) in [7, 11) is 0. The monoisotopic (exact) mass is 453 g/mol.